The molecular formula is C14H21N3O3. The van der Waals surface area contributed by atoms with Crippen LogP contribution < -0.4 is 0 Å². The van der Waals surface area contributed by atoms with Gasteiger partial charge in [-0.15, -0.1) is 0 Å². The predicted octanol–water partition coefficient (Wildman–Crippen LogP) is 1.38. The molecule has 2 heterocycles. The van der Waals surface area contributed by atoms with E-state index < -0.39 is 12.0 Å². The van der Waals surface area contributed by atoms with Crippen molar-refractivity contribution >= 4 is 11.9 Å². The summed E-state index contributed by atoms with van der Waals surface area (Å²) in [5.41, 5.74) is -0.380. The summed E-state index contributed by atoms with van der Waals surface area (Å²) >= 11 is 0. The average molecular weight is 279 g/mol. The van der Waals surface area contributed by atoms with Gasteiger partial charge in [-0.1, -0.05) is 13.8 Å². The van der Waals surface area contributed by atoms with E-state index >= 15 is 0 Å². The zero-order valence-corrected chi connectivity index (χ0v) is 12.0. The highest BCUT2D eigenvalue weighted by Gasteiger charge is 2.44. The maximum atomic E-state index is 12.3. The number of aromatic nitrogens is 2. The van der Waals surface area contributed by atoms with Crippen molar-refractivity contribution in [2.75, 3.05) is 6.54 Å². The molecule has 0 spiro atoms. The molecule has 110 valence electrons. The first kappa shape index (κ1) is 14.6. The van der Waals surface area contributed by atoms with E-state index in [-0.39, 0.29) is 11.3 Å². The number of aryl methyl sites for hydroxylation is 1. The fraction of sp³-hybridized carbons (Fsp3) is 0.643. The third-order valence-electron chi connectivity index (χ3n) is 3.97. The lowest BCUT2D eigenvalue weighted by Crippen LogP contribution is -2.56. The Morgan fingerprint density at radius 3 is 2.80 bits per heavy atom. The predicted molar refractivity (Wildman–Crippen MR) is 73.0 cm³/mol. The van der Waals surface area contributed by atoms with Crippen molar-refractivity contribution in [1.82, 2.24) is 14.5 Å². The number of rotatable bonds is 4. The maximum Gasteiger partial charge on any atom is 0.326 e. The fourth-order valence-electron chi connectivity index (χ4n) is 2.92. The normalized spacial score (nSPS) is 21.7. The summed E-state index contributed by atoms with van der Waals surface area (Å²) in [6.07, 6.45) is 7.10. The number of piperidine rings is 1. The molecule has 1 aromatic rings. The van der Waals surface area contributed by atoms with Crippen LogP contribution in [0.3, 0.4) is 0 Å². The Balaban J connectivity index is 2.04. The molecule has 1 unspecified atom stereocenters. The molecule has 1 fully saturated rings. The smallest absolute Gasteiger partial charge is 0.326 e. The van der Waals surface area contributed by atoms with E-state index in [1.807, 2.05) is 18.4 Å². The molecule has 1 aliphatic rings. The van der Waals surface area contributed by atoms with Crippen LogP contribution in [-0.2, 0) is 16.1 Å². The molecule has 0 saturated carbocycles. The highest BCUT2D eigenvalue weighted by Crippen LogP contribution is 2.35. The number of hydrogen-bond acceptors (Lipinski definition) is 3. The minimum absolute atomic E-state index is 0.0983. The molecule has 1 saturated heterocycles. The molecule has 0 aliphatic carbocycles. The van der Waals surface area contributed by atoms with Gasteiger partial charge < -0.3 is 14.6 Å². The topological polar surface area (TPSA) is 75.4 Å². The van der Waals surface area contributed by atoms with E-state index in [0.29, 0.717) is 19.5 Å². The van der Waals surface area contributed by atoms with Crippen LogP contribution in [0.4, 0.5) is 0 Å². The average Bonchev–Trinajstić information content (AvgIpc) is 2.86. The Morgan fingerprint density at radius 2 is 2.20 bits per heavy atom. The molecule has 0 aromatic carbocycles. The van der Waals surface area contributed by atoms with Crippen LogP contribution in [0.2, 0.25) is 0 Å². The number of hydrogen-bond donors (Lipinski definition) is 1. The van der Waals surface area contributed by atoms with Gasteiger partial charge >= 0.3 is 5.97 Å². The standard InChI is InChI=1S/C14H21N3O3/c1-14(2)5-3-7-17(12(14)13(19)20)11(18)4-8-16-9-6-15-10-16/h6,9-10,12H,3-5,7-8H2,1-2H3,(H,19,20). The molecule has 1 aromatic heterocycles. The van der Waals surface area contributed by atoms with Crippen molar-refractivity contribution < 1.29 is 14.7 Å². The zero-order chi connectivity index (χ0) is 14.8. The third kappa shape index (κ3) is 3.00. The summed E-state index contributed by atoms with van der Waals surface area (Å²) in [6, 6.07) is -0.730. The van der Waals surface area contributed by atoms with Crippen LogP contribution in [0.15, 0.2) is 18.7 Å². The van der Waals surface area contributed by atoms with Gasteiger partial charge in [0.25, 0.3) is 0 Å². The second-order valence-electron chi connectivity index (χ2n) is 5.97. The van der Waals surface area contributed by atoms with Gasteiger partial charge in [0.15, 0.2) is 0 Å². The van der Waals surface area contributed by atoms with Crippen LogP contribution >= 0.6 is 0 Å². The summed E-state index contributed by atoms with van der Waals surface area (Å²) in [7, 11) is 0. The van der Waals surface area contributed by atoms with Gasteiger partial charge in [-0.05, 0) is 18.3 Å². The lowest BCUT2D eigenvalue weighted by Gasteiger charge is -2.44. The van der Waals surface area contributed by atoms with Gasteiger partial charge in [0.2, 0.25) is 5.91 Å². The molecule has 1 atom stereocenters. The van der Waals surface area contributed by atoms with Crippen LogP contribution in [-0.4, -0.2) is 44.0 Å². The molecule has 1 aliphatic heterocycles. The number of imidazole rings is 1. The van der Waals surface area contributed by atoms with E-state index in [9.17, 15) is 14.7 Å². The Bertz CT molecular complexity index is 482. The van der Waals surface area contributed by atoms with Crippen molar-refractivity contribution in [2.24, 2.45) is 5.41 Å². The summed E-state index contributed by atoms with van der Waals surface area (Å²) in [4.78, 5) is 29.3. The molecule has 0 radical (unpaired) electrons. The van der Waals surface area contributed by atoms with E-state index in [4.69, 9.17) is 0 Å². The summed E-state index contributed by atoms with van der Waals surface area (Å²) in [6.45, 7) is 4.90. The third-order valence-corrected chi connectivity index (χ3v) is 3.97. The first-order valence-corrected chi connectivity index (χ1v) is 6.90. The van der Waals surface area contributed by atoms with Crippen LogP contribution in [0, 0.1) is 5.41 Å². The van der Waals surface area contributed by atoms with Gasteiger partial charge in [0.1, 0.15) is 6.04 Å². The Hall–Kier alpha value is -1.85. The first-order chi connectivity index (χ1) is 9.42. The van der Waals surface area contributed by atoms with Gasteiger partial charge in [0, 0.05) is 31.9 Å². The van der Waals surface area contributed by atoms with Gasteiger partial charge in [-0.3, -0.25) is 4.79 Å². The molecular weight excluding hydrogens is 258 g/mol. The van der Waals surface area contributed by atoms with E-state index in [1.54, 1.807) is 18.7 Å². The first-order valence-electron chi connectivity index (χ1n) is 6.90. The quantitative estimate of drug-likeness (QED) is 0.903. The lowest BCUT2D eigenvalue weighted by molar-refractivity contribution is -0.159. The van der Waals surface area contributed by atoms with Crippen LogP contribution in [0.5, 0.6) is 0 Å². The van der Waals surface area contributed by atoms with Gasteiger partial charge in [0.05, 0.1) is 6.33 Å². The number of amides is 1. The number of aliphatic carboxylic acids is 1. The Morgan fingerprint density at radius 1 is 1.45 bits per heavy atom. The zero-order valence-electron chi connectivity index (χ0n) is 12.0. The van der Waals surface area contributed by atoms with E-state index in [1.165, 1.54) is 4.90 Å². The monoisotopic (exact) mass is 279 g/mol. The highest BCUT2D eigenvalue weighted by molar-refractivity contribution is 5.84. The second kappa shape index (κ2) is 5.64. The summed E-state index contributed by atoms with van der Waals surface area (Å²) < 4.78 is 1.82. The molecule has 6 nitrogen and oxygen atoms in total. The molecule has 1 N–H and O–H groups in total. The van der Waals surface area contributed by atoms with Crippen molar-refractivity contribution in [1.29, 1.82) is 0 Å². The number of carboxylic acids is 1. The molecule has 6 heteroatoms. The SMILES string of the molecule is CC1(C)CCCN(C(=O)CCn2ccnc2)C1C(=O)O. The van der Waals surface area contributed by atoms with E-state index in [2.05, 4.69) is 4.98 Å². The summed E-state index contributed by atoms with van der Waals surface area (Å²) in [5, 5.41) is 9.44. The van der Waals surface area contributed by atoms with Crippen molar-refractivity contribution in [3.05, 3.63) is 18.7 Å². The Labute approximate surface area is 118 Å². The van der Waals surface area contributed by atoms with Gasteiger partial charge in [-0.2, -0.15) is 0 Å². The molecule has 2 rings (SSSR count). The van der Waals surface area contributed by atoms with Crippen LogP contribution in [0.1, 0.15) is 33.1 Å². The van der Waals surface area contributed by atoms with Crippen molar-refractivity contribution in [2.45, 2.75) is 45.7 Å². The Kier molecular flexibility index (Phi) is 4.11. The number of likely N-dealkylation sites (tertiary alicyclic amines) is 1. The molecule has 0 bridgehead atoms. The lowest BCUT2D eigenvalue weighted by atomic mass is 9.76. The minimum atomic E-state index is -0.911. The number of carboxylic acid groups (broad SMARTS) is 1. The highest BCUT2D eigenvalue weighted by atomic mass is 16.4. The number of nitrogens with zero attached hydrogens (tertiary/aromatic N) is 3. The number of carbonyl (C=O) groups is 2. The molecule has 1 amide bonds. The maximum absolute atomic E-state index is 12.3. The summed E-state index contributed by atoms with van der Waals surface area (Å²) in [5.74, 6) is -1.01. The van der Waals surface area contributed by atoms with Crippen molar-refractivity contribution in [3.63, 3.8) is 0 Å². The van der Waals surface area contributed by atoms with Crippen LogP contribution in [0.25, 0.3) is 0 Å². The van der Waals surface area contributed by atoms with Gasteiger partial charge in [-0.25, -0.2) is 9.78 Å². The minimum Gasteiger partial charge on any atom is -0.480 e. The fourth-order valence-corrected chi connectivity index (χ4v) is 2.92. The molecule has 20 heavy (non-hydrogen) atoms. The largest absolute Gasteiger partial charge is 0.480 e. The number of carbonyl (C=O) groups excluding carboxylic acids is 1. The van der Waals surface area contributed by atoms with Crippen molar-refractivity contribution in [3.8, 4) is 0 Å². The second-order valence-corrected chi connectivity index (χ2v) is 5.97. The van der Waals surface area contributed by atoms with E-state index in [0.717, 1.165) is 12.8 Å².